The molecular weight excluding hydrogens is 259 g/mol. The van der Waals surface area contributed by atoms with Crippen molar-refractivity contribution in [2.45, 2.75) is 12.3 Å². The molecule has 0 aliphatic carbocycles. The van der Waals surface area contributed by atoms with Crippen LogP contribution in [0.4, 0.5) is 4.39 Å². The summed E-state index contributed by atoms with van der Waals surface area (Å²) in [5.41, 5.74) is 0.702. The van der Waals surface area contributed by atoms with Gasteiger partial charge in [-0.3, -0.25) is 0 Å². The number of aliphatic hydroxyl groups excluding tert-OH is 1. The Morgan fingerprint density at radius 3 is 2.35 bits per heavy atom. The quantitative estimate of drug-likeness (QED) is 0.871. The van der Waals surface area contributed by atoms with Crippen LogP contribution in [0.5, 0.6) is 0 Å². The molecule has 1 N–H and O–H groups in total. The summed E-state index contributed by atoms with van der Waals surface area (Å²) in [7, 11) is 1.24. The molecule has 0 aromatic heterocycles. The number of carbonyl (C=O) groups excluding carboxylic acids is 1. The van der Waals surface area contributed by atoms with Crippen molar-refractivity contribution in [2.75, 3.05) is 7.11 Å². The summed E-state index contributed by atoms with van der Waals surface area (Å²) in [6.07, 6.45) is -3.03. The molecule has 0 saturated carbocycles. The molecular formula is C16H15FO3. The van der Waals surface area contributed by atoms with Crippen LogP contribution in [0.15, 0.2) is 54.6 Å². The van der Waals surface area contributed by atoms with E-state index in [0.29, 0.717) is 5.56 Å². The molecule has 0 heterocycles. The highest BCUT2D eigenvalue weighted by atomic mass is 19.1. The number of esters is 1. The molecule has 2 atom stereocenters. The summed E-state index contributed by atoms with van der Waals surface area (Å²) >= 11 is 0. The zero-order valence-corrected chi connectivity index (χ0v) is 11.0. The molecule has 0 fully saturated rings. The third kappa shape index (κ3) is 2.86. The molecule has 2 aromatic carbocycles. The van der Waals surface area contributed by atoms with Gasteiger partial charge in [0.25, 0.3) is 0 Å². The van der Waals surface area contributed by atoms with Gasteiger partial charge in [-0.25, -0.2) is 9.18 Å². The fourth-order valence-electron chi connectivity index (χ4n) is 2.02. The fourth-order valence-corrected chi connectivity index (χ4v) is 2.02. The van der Waals surface area contributed by atoms with Crippen LogP contribution in [0.1, 0.15) is 33.8 Å². The topological polar surface area (TPSA) is 46.5 Å². The van der Waals surface area contributed by atoms with Crippen LogP contribution in [0.3, 0.4) is 0 Å². The summed E-state index contributed by atoms with van der Waals surface area (Å²) in [5.74, 6) is -0.622. The lowest BCUT2D eigenvalue weighted by molar-refractivity contribution is 0.0576. The molecule has 0 amide bonds. The third-order valence-electron chi connectivity index (χ3n) is 3.08. The Labute approximate surface area is 116 Å². The molecule has 0 aliphatic heterocycles. The van der Waals surface area contributed by atoms with Gasteiger partial charge in [0.05, 0.1) is 12.7 Å². The smallest absolute Gasteiger partial charge is 0.338 e. The second-order valence-electron chi connectivity index (χ2n) is 4.34. The Kier molecular flexibility index (Phi) is 4.48. The highest BCUT2D eigenvalue weighted by Gasteiger charge is 2.26. The minimum absolute atomic E-state index is 0.121. The van der Waals surface area contributed by atoms with Crippen molar-refractivity contribution in [3.63, 3.8) is 0 Å². The molecule has 2 aromatic rings. The van der Waals surface area contributed by atoms with Crippen LogP contribution in [0.2, 0.25) is 0 Å². The number of carbonyl (C=O) groups is 1. The summed E-state index contributed by atoms with van der Waals surface area (Å²) < 4.78 is 19.1. The van der Waals surface area contributed by atoms with E-state index in [1.165, 1.54) is 19.2 Å². The first-order chi connectivity index (χ1) is 9.65. The van der Waals surface area contributed by atoms with Gasteiger partial charge in [-0.2, -0.15) is 0 Å². The van der Waals surface area contributed by atoms with Gasteiger partial charge < -0.3 is 9.84 Å². The van der Waals surface area contributed by atoms with Crippen LogP contribution in [0, 0.1) is 0 Å². The monoisotopic (exact) mass is 274 g/mol. The van der Waals surface area contributed by atoms with E-state index in [-0.39, 0.29) is 11.1 Å². The highest BCUT2D eigenvalue weighted by Crippen LogP contribution is 2.34. The van der Waals surface area contributed by atoms with Crippen molar-refractivity contribution >= 4 is 5.97 Å². The minimum Gasteiger partial charge on any atom is -0.465 e. The van der Waals surface area contributed by atoms with Gasteiger partial charge in [0, 0.05) is 5.56 Å². The fraction of sp³-hybridized carbons (Fsp3) is 0.188. The molecule has 4 heteroatoms. The van der Waals surface area contributed by atoms with Gasteiger partial charge in [0.2, 0.25) is 0 Å². The summed E-state index contributed by atoms with van der Waals surface area (Å²) in [5, 5.41) is 10.1. The van der Waals surface area contributed by atoms with Gasteiger partial charge >= 0.3 is 5.97 Å². The van der Waals surface area contributed by atoms with Gasteiger partial charge in [0.1, 0.15) is 6.10 Å². The van der Waals surface area contributed by atoms with E-state index in [2.05, 4.69) is 4.74 Å². The zero-order chi connectivity index (χ0) is 14.5. The van der Waals surface area contributed by atoms with Crippen LogP contribution < -0.4 is 0 Å². The van der Waals surface area contributed by atoms with Crippen molar-refractivity contribution in [3.8, 4) is 0 Å². The van der Waals surface area contributed by atoms with Crippen molar-refractivity contribution in [1.82, 2.24) is 0 Å². The number of benzene rings is 2. The molecule has 2 rings (SSSR count). The Morgan fingerprint density at radius 1 is 1.10 bits per heavy atom. The summed E-state index contributed by atoms with van der Waals surface area (Å²) in [6, 6.07) is 14.7. The van der Waals surface area contributed by atoms with E-state index in [9.17, 15) is 14.3 Å². The number of rotatable bonds is 4. The average Bonchev–Trinajstić information content (AvgIpc) is 2.53. The van der Waals surface area contributed by atoms with Gasteiger partial charge in [0.15, 0.2) is 6.17 Å². The first-order valence-electron chi connectivity index (χ1n) is 6.19. The summed E-state index contributed by atoms with van der Waals surface area (Å²) in [4.78, 5) is 11.6. The van der Waals surface area contributed by atoms with Crippen LogP contribution in [0.25, 0.3) is 0 Å². The van der Waals surface area contributed by atoms with Crippen molar-refractivity contribution in [2.24, 2.45) is 0 Å². The molecule has 0 bridgehead atoms. The first kappa shape index (κ1) is 14.2. The molecule has 104 valence electrons. The molecule has 0 aliphatic rings. The summed E-state index contributed by atoms with van der Waals surface area (Å²) in [6.45, 7) is 0. The number of aliphatic hydroxyl groups is 1. The maximum Gasteiger partial charge on any atom is 0.338 e. The lowest BCUT2D eigenvalue weighted by Gasteiger charge is -2.18. The van der Waals surface area contributed by atoms with E-state index in [4.69, 9.17) is 0 Å². The molecule has 20 heavy (non-hydrogen) atoms. The van der Waals surface area contributed by atoms with Crippen molar-refractivity contribution in [1.29, 1.82) is 0 Å². The van der Waals surface area contributed by atoms with Crippen LogP contribution in [-0.4, -0.2) is 18.2 Å². The molecule has 3 nitrogen and oxygen atoms in total. The molecule has 0 radical (unpaired) electrons. The number of hydrogen-bond donors (Lipinski definition) is 1. The highest BCUT2D eigenvalue weighted by molar-refractivity contribution is 5.91. The van der Waals surface area contributed by atoms with E-state index >= 15 is 0 Å². The van der Waals surface area contributed by atoms with Crippen molar-refractivity contribution < 1.29 is 19.0 Å². The Hall–Kier alpha value is -2.20. The lowest BCUT2D eigenvalue weighted by atomic mass is 9.96. The zero-order valence-electron chi connectivity index (χ0n) is 11.0. The Bertz CT molecular complexity index is 583. The SMILES string of the molecule is COC(=O)c1ccccc1[C@@H](F)[C@H](O)c1ccccc1. The Morgan fingerprint density at radius 2 is 1.70 bits per heavy atom. The number of alkyl halides is 1. The second-order valence-corrected chi connectivity index (χ2v) is 4.34. The van der Waals surface area contributed by atoms with Crippen molar-refractivity contribution in [3.05, 3.63) is 71.3 Å². The number of ether oxygens (including phenoxy) is 1. The molecule has 0 unspecified atom stereocenters. The molecule has 0 saturated heterocycles. The minimum atomic E-state index is -1.70. The second kappa shape index (κ2) is 6.30. The van der Waals surface area contributed by atoms with E-state index < -0.39 is 18.2 Å². The van der Waals surface area contributed by atoms with Crippen LogP contribution >= 0.6 is 0 Å². The number of methoxy groups -OCH3 is 1. The predicted octanol–water partition coefficient (Wildman–Crippen LogP) is 3.22. The predicted molar refractivity (Wildman–Crippen MR) is 73.0 cm³/mol. The number of halogens is 1. The third-order valence-corrected chi connectivity index (χ3v) is 3.08. The lowest BCUT2D eigenvalue weighted by Crippen LogP contribution is -2.12. The average molecular weight is 274 g/mol. The van der Waals surface area contributed by atoms with E-state index in [0.717, 1.165) is 0 Å². The maximum atomic E-state index is 14.5. The van der Waals surface area contributed by atoms with Gasteiger partial charge in [-0.15, -0.1) is 0 Å². The number of hydrogen-bond acceptors (Lipinski definition) is 3. The van der Waals surface area contributed by atoms with E-state index in [1.54, 1.807) is 42.5 Å². The normalized spacial score (nSPS) is 13.6. The maximum absolute atomic E-state index is 14.5. The standard InChI is InChI=1S/C16H15FO3/c1-20-16(19)13-10-6-5-9-12(13)14(17)15(18)11-7-3-2-4-8-11/h2-10,14-15,18H,1H3/t14-,15-/m1/s1. The largest absolute Gasteiger partial charge is 0.465 e. The van der Waals surface area contributed by atoms with Crippen LogP contribution in [-0.2, 0) is 4.74 Å². The van der Waals surface area contributed by atoms with Gasteiger partial charge in [-0.1, -0.05) is 48.5 Å². The molecule has 0 spiro atoms. The van der Waals surface area contributed by atoms with Gasteiger partial charge in [-0.05, 0) is 11.6 Å². The van der Waals surface area contributed by atoms with E-state index in [1.807, 2.05) is 0 Å². The first-order valence-corrected chi connectivity index (χ1v) is 6.19. The Balaban J connectivity index is 2.34.